The number of aryl methyl sites for hydroxylation is 2. The highest BCUT2D eigenvalue weighted by Crippen LogP contribution is 2.28. The minimum absolute atomic E-state index is 0.0284. The van der Waals surface area contributed by atoms with Crippen molar-refractivity contribution >= 4 is 26.5 Å². The molecule has 3 aromatic carbocycles. The lowest BCUT2D eigenvalue weighted by molar-refractivity contribution is 0.112. The first-order chi connectivity index (χ1) is 17.1. The Kier molecular flexibility index (Phi) is 9.21. The summed E-state index contributed by atoms with van der Waals surface area (Å²) in [5.74, 6) is 0.385. The van der Waals surface area contributed by atoms with Crippen molar-refractivity contribution in [3.8, 4) is 11.5 Å². The molecule has 3 rings (SSSR count). The Balaban J connectivity index is 1.55. The molecule has 0 fully saturated rings. The first-order valence-corrected chi connectivity index (χ1v) is 13.7. The van der Waals surface area contributed by atoms with Crippen LogP contribution in [0.4, 0.5) is 0 Å². The lowest BCUT2D eigenvalue weighted by Crippen LogP contribution is -2.15. The highest BCUT2D eigenvalue weighted by Gasteiger charge is 2.17. The lowest BCUT2D eigenvalue weighted by atomic mass is 10.2. The molecule has 0 aromatic heterocycles. The minimum atomic E-state index is -3.95. The normalized spacial score (nSPS) is 11.7. The quantitative estimate of drug-likeness (QED) is 0.184. The number of ether oxygens (including phenoxy) is 2. The number of rotatable bonds is 13. The third kappa shape index (κ3) is 7.62. The predicted molar refractivity (Wildman–Crippen MR) is 131 cm³/mol. The SMILES string of the molecule is Cc1ccc(S(=O)(=O)OCCOc2ccc(C=O)cc2OCCOS(=O)(=O)c2ccc(C)cc2)cc1. The largest absolute Gasteiger partial charge is 0.487 e. The van der Waals surface area contributed by atoms with E-state index < -0.39 is 20.2 Å². The number of benzene rings is 3. The fourth-order valence-electron chi connectivity index (χ4n) is 2.97. The van der Waals surface area contributed by atoms with Crippen LogP contribution in [0.1, 0.15) is 21.5 Å². The lowest BCUT2D eigenvalue weighted by Gasteiger charge is -2.14. The zero-order valence-corrected chi connectivity index (χ0v) is 21.4. The van der Waals surface area contributed by atoms with E-state index in [0.29, 0.717) is 11.8 Å². The second-order valence-electron chi connectivity index (χ2n) is 7.70. The smallest absolute Gasteiger partial charge is 0.297 e. The zero-order chi connectivity index (χ0) is 26.2. The van der Waals surface area contributed by atoms with Crippen LogP contribution in [0.25, 0.3) is 0 Å². The van der Waals surface area contributed by atoms with Crippen LogP contribution in [0.2, 0.25) is 0 Å². The summed E-state index contributed by atoms with van der Waals surface area (Å²) in [4.78, 5) is 11.2. The Labute approximate surface area is 210 Å². The van der Waals surface area contributed by atoms with Gasteiger partial charge in [-0.25, -0.2) is 0 Å². The van der Waals surface area contributed by atoms with Crippen molar-refractivity contribution in [3.63, 3.8) is 0 Å². The summed E-state index contributed by atoms with van der Waals surface area (Å²) < 4.78 is 70.3. The van der Waals surface area contributed by atoms with Crippen LogP contribution in [0.3, 0.4) is 0 Å². The number of hydrogen-bond donors (Lipinski definition) is 0. The Hall–Kier alpha value is -3.25. The van der Waals surface area contributed by atoms with Gasteiger partial charge in [0, 0.05) is 5.56 Å². The van der Waals surface area contributed by atoms with E-state index in [1.807, 2.05) is 13.8 Å². The third-order valence-corrected chi connectivity index (χ3v) is 7.53. The first kappa shape index (κ1) is 27.3. The molecule has 0 saturated carbocycles. The maximum absolute atomic E-state index is 12.3. The number of hydrogen-bond acceptors (Lipinski definition) is 9. The van der Waals surface area contributed by atoms with Crippen LogP contribution >= 0.6 is 0 Å². The summed E-state index contributed by atoms with van der Waals surface area (Å²) in [6.45, 7) is 2.87. The second kappa shape index (κ2) is 12.1. The van der Waals surface area contributed by atoms with E-state index in [-0.39, 0.29) is 47.7 Å². The van der Waals surface area contributed by atoms with E-state index in [2.05, 4.69) is 0 Å². The van der Waals surface area contributed by atoms with Crippen molar-refractivity contribution in [2.45, 2.75) is 23.6 Å². The fourth-order valence-corrected chi connectivity index (χ4v) is 4.75. The molecular weight excluding hydrogens is 508 g/mol. The molecule has 0 aliphatic carbocycles. The summed E-state index contributed by atoms with van der Waals surface area (Å²) in [5, 5.41) is 0. The highest BCUT2D eigenvalue weighted by atomic mass is 32.2. The van der Waals surface area contributed by atoms with Crippen molar-refractivity contribution in [2.24, 2.45) is 0 Å². The van der Waals surface area contributed by atoms with Gasteiger partial charge in [-0.3, -0.25) is 13.2 Å². The summed E-state index contributed by atoms with van der Waals surface area (Å²) >= 11 is 0. The van der Waals surface area contributed by atoms with Crippen molar-refractivity contribution in [3.05, 3.63) is 83.4 Å². The van der Waals surface area contributed by atoms with E-state index in [1.54, 1.807) is 24.3 Å². The van der Waals surface area contributed by atoms with Gasteiger partial charge in [0.1, 0.15) is 32.7 Å². The molecule has 0 amide bonds. The Morgan fingerprint density at radius 1 is 0.611 bits per heavy atom. The molecule has 36 heavy (non-hydrogen) atoms. The molecule has 9 nitrogen and oxygen atoms in total. The van der Waals surface area contributed by atoms with Crippen LogP contribution in [-0.4, -0.2) is 49.5 Å². The van der Waals surface area contributed by atoms with Gasteiger partial charge >= 0.3 is 0 Å². The van der Waals surface area contributed by atoms with Gasteiger partial charge in [0.25, 0.3) is 20.2 Å². The van der Waals surface area contributed by atoms with Crippen LogP contribution < -0.4 is 9.47 Å². The molecular formula is C25H26O9S2. The summed E-state index contributed by atoms with van der Waals surface area (Å²) in [5.41, 5.74) is 2.14. The molecule has 11 heteroatoms. The van der Waals surface area contributed by atoms with Crippen LogP contribution in [-0.2, 0) is 28.6 Å². The number of aldehydes is 1. The van der Waals surface area contributed by atoms with Gasteiger partial charge < -0.3 is 9.47 Å². The maximum atomic E-state index is 12.3. The van der Waals surface area contributed by atoms with Crippen molar-refractivity contribution < 1.29 is 39.5 Å². The molecule has 192 valence electrons. The zero-order valence-electron chi connectivity index (χ0n) is 19.7. The van der Waals surface area contributed by atoms with Gasteiger partial charge in [0.2, 0.25) is 0 Å². The van der Waals surface area contributed by atoms with Crippen LogP contribution in [0.5, 0.6) is 11.5 Å². The topological polar surface area (TPSA) is 122 Å². The Bertz CT molecular complexity index is 1380. The standard InChI is InChI=1S/C25H26O9S2/c1-19-3-8-22(9-4-19)35(27,28)33-15-13-31-24-12-7-21(18-26)17-25(24)32-14-16-34-36(29,30)23-10-5-20(2)6-11-23/h3-12,17-18H,13-16H2,1-2H3. The molecule has 0 spiro atoms. The predicted octanol–water partition coefficient (Wildman–Crippen LogP) is 3.68. The average Bonchev–Trinajstić information content (AvgIpc) is 2.85. The average molecular weight is 535 g/mol. The van der Waals surface area contributed by atoms with Gasteiger partial charge in [-0.05, 0) is 56.3 Å². The molecule has 0 N–H and O–H groups in total. The van der Waals surface area contributed by atoms with E-state index in [1.165, 1.54) is 42.5 Å². The van der Waals surface area contributed by atoms with Crippen molar-refractivity contribution in [1.82, 2.24) is 0 Å². The molecule has 0 bridgehead atoms. The molecule has 0 radical (unpaired) electrons. The first-order valence-electron chi connectivity index (χ1n) is 10.9. The van der Waals surface area contributed by atoms with Gasteiger partial charge in [0.15, 0.2) is 11.5 Å². The Morgan fingerprint density at radius 3 is 1.50 bits per heavy atom. The maximum Gasteiger partial charge on any atom is 0.297 e. The summed E-state index contributed by atoms with van der Waals surface area (Å²) in [7, 11) is -7.89. The molecule has 0 aliphatic rings. The van der Waals surface area contributed by atoms with Gasteiger partial charge in [-0.1, -0.05) is 35.4 Å². The van der Waals surface area contributed by atoms with E-state index in [9.17, 15) is 21.6 Å². The second-order valence-corrected chi connectivity index (χ2v) is 10.9. The van der Waals surface area contributed by atoms with Crippen LogP contribution in [0.15, 0.2) is 76.5 Å². The summed E-state index contributed by atoms with van der Waals surface area (Å²) in [6, 6.07) is 16.9. The third-order valence-electron chi connectivity index (χ3n) is 4.88. The van der Waals surface area contributed by atoms with Crippen molar-refractivity contribution in [1.29, 1.82) is 0 Å². The molecule has 0 aliphatic heterocycles. The minimum Gasteiger partial charge on any atom is -0.487 e. The van der Waals surface area contributed by atoms with Crippen molar-refractivity contribution in [2.75, 3.05) is 26.4 Å². The Morgan fingerprint density at radius 2 is 1.06 bits per heavy atom. The van der Waals surface area contributed by atoms with Gasteiger partial charge in [-0.2, -0.15) is 16.8 Å². The molecule has 0 heterocycles. The number of carbonyl (C=O) groups is 1. The van der Waals surface area contributed by atoms with Crippen LogP contribution in [0, 0.1) is 13.8 Å². The van der Waals surface area contributed by atoms with Gasteiger partial charge in [-0.15, -0.1) is 0 Å². The van der Waals surface area contributed by atoms with E-state index >= 15 is 0 Å². The molecule has 3 aromatic rings. The van der Waals surface area contributed by atoms with Gasteiger partial charge in [0.05, 0.1) is 9.79 Å². The highest BCUT2D eigenvalue weighted by molar-refractivity contribution is 7.87. The number of carbonyl (C=O) groups excluding carboxylic acids is 1. The molecule has 0 saturated heterocycles. The summed E-state index contributed by atoms with van der Waals surface area (Å²) in [6.07, 6.45) is 0.617. The monoisotopic (exact) mass is 534 g/mol. The molecule has 0 unspecified atom stereocenters. The van der Waals surface area contributed by atoms with E-state index in [4.69, 9.17) is 17.8 Å². The van der Waals surface area contributed by atoms with E-state index in [0.717, 1.165) is 11.1 Å². The molecule has 0 atom stereocenters. The fraction of sp³-hybridized carbons (Fsp3) is 0.240.